The maximum Gasteiger partial charge on any atom is 0.176 e. The fourth-order valence-electron chi connectivity index (χ4n) is 1.36. The number of nitrogens with zero attached hydrogens (tertiary/aromatic N) is 3. The van der Waals surface area contributed by atoms with E-state index in [2.05, 4.69) is 21.0 Å². The van der Waals surface area contributed by atoms with Crippen molar-refractivity contribution >= 4 is 15.9 Å². The summed E-state index contributed by atoms with van der Waals surface area (Å²) >= 11 is 3.28. The first-order valence-corrected chi connectivity index (χ1v) is 4.83. The average molecular weight is 242 g/mol. The van der Waals surface area contributed by atoms with Crippen LogP contribution in [-0.4, -0.2) is 23.0 Å². The monoisotopic (exact) mass is 241 g/mol. The number of nitriles is 1. The number of rotatable bonds is 1. The summed E-state index contributed by atoms with van der Waals surface area (Å²) in [7, 11) is 0. The van der Waals surface area contributed by atoms with Gasteiger partial charge in [0.25, 0.3) is 0 Å². The zero-order valence-electron chi connectivity index (χ0n) is 6.90. The Morgan fingerprint density at radius 1 is 1.77 bits per heavy atom. The Kier molecular flexibility index (Phi) is 2.34. The van der Waals surface area contributed by atoms with Gasteiger partial charge in [0.1, 0.15) is 6.07 Å². The molecule has 1 fully saturated rings. The molecule has 0 N–H and O–H groups in total. The van der Waals surface area contributed by atoms with Gasteiger partial charge >= 0.3 is 0 Å². The first-order chi connectivity index (χ1) is 6.31. The molecule has 1 aromatic rings. The second kappa shape index (κ2) is 3.48. The lowest BCUT2D eigenvalue weighted by Crippen LogP contribution is -2.09. The second-order valence-corrected chi connectivity index (χ2v) is 3.79. The van der Waals surface area contributed by atoms with Gasteiger partial charge in [-0.15, -0.1) is 0 Å². The van der Waals surface area contributed by atoms with Crippen molar-refractivity contribution in [1.29, 1.82) is 5.26 Å². The smallest absolute Gasteiger partial charge is 0.176 e. The van der Waals surface area contributed by atoms with E-state index in [1.807, 2.05) is 12.3 Å². The highest BCUT2D eigenvalue weighted by molar-refractivity contribution is 9.10. The average Bonchev–Trinajstić information content (AvgIpc) is 2.71. The fourth-order valence-corrected chi connectivity index (χ4v) is 1.74. The highest BCUT2D eigenvalue weighted by Crippen LogP contribution is 2.22. The predicted octanol–water partition coefficient (Wildman–Crippen LogP) is 1.48. The Morgan fingerprint density at radius 3 is 3.15 bits per heavy atom. The minimum absolute atomic E-state index is 0.290. The van der Waals surface area contributed by atoms with E-state index in [1.54, 1.807) is 4.68 Å². The summed E-state index contributed by atoms with van der Waals surface area (Å²) in [5.74, 6) is 0. The van der Waals surface area contributed by atoms with Crippen molar-refractivity contribution < 1.29 is 4.74 Å². The van der Waals surface area contributed by atoms with Crippen LogP contribution >= 0.6 is 15.9 Å². The van der Waals surface area contributed by atoms with Crippen molar-refractivity contribution in [2.45, 2.75) is 12.5 Å². The van der Waals surface area contributed by atoms with Gasteiger partial charge in [0, 0.05) is 12.8 Å². The summed E-state index contributed by atoms with van der Waals surface area (Å²) in [4.78, 5) is 0. The topological polar surface area (TPSA) is 50.8 Å². The van der Waals surface area contributed by atoms with Crippen LogP contribution in [0.25, 0.3) is 0 Å². The molecule has 68 valence electrons. The summed E-state index contributed by atoms with van der Waals surface area (Å²) in [5, 5.41) is 12.8. The standard InChI is InChI=1S/C8H8BrN3O/c9-7-4-12(11-8(7)3-10)6-1-2-13-5-6/h4,6H,1-2,5H2/t6-/m0/s1. The number of halogens is 1. The van der Waals surface area contributed by atoms with Crippen LogP contribution in [0.15, 0.2) is 10.7 Å². The Bertz CT molecular complexity index is 349. The Hall–Kier alpha value is -0.860. The molecular formula is C8H8BrN3O. The van der Waals surface area contributed by atoms with E-state index in [0.29, 0.717) is 18.3 Å². The first kappa shape index (κ1) is 8.73. The van der Waals surface area contributed by atoms with E-state index in [1.165, 1.54) is 0 Å². The number of ether oxygens (including phenoxy) is 1. The molecule has 1 atom stereocenters. The molecule has 4 nitrogen and oxygen atoms in total. The number of hydrogen-bond donors (Lipinski definition) is 0. The molecule has 0 aliphatic carbocycles. The summed E-state index contributed by atoms with van der Waals surface area (Å²) < 4.78 is 7.79. The third-order valence-corrected chi connectivity index (χ3v) is 2.65. The minimum Gasteiger partial charge on any atom is -0.379 e. The lowest BCUT2D eigenvalue weighted by Gasteiger charge is -2.06. The first-order valence-electron chi connectivity index (χ1n) is 4.04. The van der Waals surface area contributed by atoms with E-state index in [9.17, 15) is 0 Å². The number of hydrogen-bond acceptors (Lipinski definition) is 3. The maximum absolute atomic E-state index is 8.69. The summed E-state index contributed by atoms with van der Waals surface area (Å²) in [5.41, 5.74) is 0.437. The molecule has 1 aliphatic rings. The van der Waals surface area contributed by atoms with Gasteiger partial charge in [-0.3, -0.25) is 4.68 Å². The van der Waals surface area contributed by atoms with Gasteiger partial charge < -0.3 is 4.74 Å². The minimum atomic E-state index is 0.290. The van der Waals surface area contributed by atoms with Crippen LogP contribution in [0.4, 0.5) is 0 Å². The third-order valence-electron chi connectivity index (χ3n) is 2.07. The molecule has 0 aromatic carbocycles. The molecule has 0 bridgehead atoms. The molecule has 1 aromatic heterocycles. The zero-order chi connectivity index (χ0) is 9.26. The molecular weight excluding hydrogens is 234 g/mol. The molecule has 0 unspecified atom stereocenters. The van der Waals surface area contributed by atoms with Crippen LogP contribution in [0.2, 0.25) is 0 Å². The van der Waals surface area contributed by atoms with Crippen LogP contribution in [-0.2, 0) is 4.74 Å². The predicted molar refractivity (Wildman–Crippen MR) is 49.1 cm³/mol. The molecule has 5 heteroatoms. The largest absolute Gasteiger partial charge is 0.379 e. The van der Waals surface area contributed by atoms with Crippen molar-refractivity contribution in [1.82, 2.24) is 9.78 Å². The van der Waals surface area contributed by atoms with Gasteiger partial charge in [-0.05, 0) is 22.4 Å². The molecule has 1 aliphatic heterocycles. The molecule has 0 saturated carbocycles. The van der Waals surface area contributed by atoms with Gasteiger partial charge in [-0.25, -0.2) is 0 Å². The Balaban J connectivity index is 2.26. The van der Waals surface area contributed by atoms with Gasteiger partial charge in [0.15, 0.2) is 5.69 Å². The highest BCUT2D eigenvalue weighted by atomic mass is 79.9. The van der Waals surface area contributed by atoms with Crippen LogP contribution in [0, 0.1) is 11.3 Å². The van der Waals surface area contributed by atoms with E-state index in [0.717, 1.165) is 17.5 Å². The van der Waals surface area contributed by atoms with E-state index < -0.39 is 0 Å². The number of aromatic nitrogens is 2. The molecule has 0 radical (unpaired) electrons. The fraction of sp³-hybridized carbons (Fsp3) is 0.500. The quantitative estimate of drug-likeness (QED) is 0.749. The van der Waals surface area contributed by atoms with Crippen molar-refractivity contribution in [2.75, 3.05) is 13.2 Å². The van der Waals surface area contributed by atoms with E-state index >= 15 is 0 Å². The van der Waals surface area contributed by atoms with Crippen LogP contribution in [0.5, 0.6) is 0 Å². The molecule has 13 heavy (non-hydrogen) atoms. The van der Waals surface area contributed by atoms with E-state index in [4.69, 9.17) is 10.00 Å². The third kappa shape index (κ3) is 1.60. The molecule has 0 amide bonds. The summed E-state index contributed by atoms with van der Waals surface area (Å²) in [6.45, 7) is 1.48. The normalized spacial score (nSPS) is 21.7. The van der Waals surface area contributed by atoms with Crippen molar-refractivity contribution in [3.05, 3.63) is 16.4 Å². The lowest BCUT2D eigenvalue weighted by molar-refractivity contribution is 0.184. The van der Waals surface area contributed by atoms with Crippen LogP contribution < -0.4 is 0 Å². The SMILES string of the molecule is N#Cc1nn([C@H]2CCOC2)cc1Br. The second-order valence-electron chi connectivity index (χ2n) is 2.93. The summed E-state index contributed by atoms with van der Waals surface area (Å²) in [6.07, 6.45) is 2.80. The highest BCUT2D eigenvalue weighted by Gasteiger charge is 2.19. The van der Waals surface area contributed by atoms with Crippen LogP contribution in [0.3, 0.4) is 0 Å². The van der Waals surface area contributed by atoms with Crippen molar-refractivity contribution in [2.24, 2.45) is 0 Å². The van der Waals surface area contributed by atoms with Gasteiger partial charge in [0.2, 0.25) is 0 Å². The Morgan fingerprint density at radius 2 is 2.62 bits per heavy atom. The lowest BCUT2D eigenvalue weighted by atomic mass is 10.3. The molecule has 2 heterocycles. The van der Waals surface area contributed by atoms with Crippen LogP contribution in [0.1, 0.15) is 18.2 Å². The van der Waals surface area contributed by atoms with Gasteiger partial charge in [0.05, 0.1) is 17.1 Å². The molecule has 2 rings (SSSR count). The van der Waals surface area contributed by atoms with Crippen molar-refractivity contribution in [3.63, 3.8) is 0 Å². The molecule has 1 saturated heterocycles. The summed E-state index contributed by atoms with van der Waals surface area (Å²) in [6, 6.07) is 2.31. The van der Waals surface area contributed by atoms with Crippen molar-refractivity contribution in [3.8, 4) is 6.07 Å². The molecule has 0 spiro atoms. The van der Waals surface area contributed by atoms with E-state index in [-0.39, 0.29) is 0 Å². The Labute approximate surface area is 84.2 Å². The van der Waals surface area contributed by atoms with Gasteiger partial charge in [-0.2, -0.15) is 10.4 Å². The van der Waals surface area contributed by atoms with Gasteiger partial charge in [-0.1, -0.05) is 0 Å². The zero-order valence-corrected chi connectivity index (χ0v) is 8.49. The maximum atomic E-state index is 8.69.